The number of benzene rings is 2. The van der Waals surface area contributed by atoms with Gasteiger partial charge in [0, 0.05) is 36.8 Å². The zero-order valence-electron chi connectivity index (χ0n) is 19.3. The molecule has 0 saturated carbocycles. The van der Waals surface area contributed by atoms with Gasteiger partial charge in [-0.05, 0) is 62.7 Å². The maximum Gasteiger partial charge on any atom is 0.230 e. The van der Waals surface area contributed by atoms with Crippen LogP contribution in [0.2, 0.25) is 0 Å². The van der Waals surface area contributed by atoms with Gasteiger partial charge in [-0.15, -0.1) is 0 Å². The maximum atomic E-state index is 6.15. The lowest BCUT2D eigenvalue weighted by molar-refractivity contribution is 0.203. The normalized spacial score (nSPS) is 14.6. The van der Waals surface area contributed by atoms with Gasteiger partial charge >= 0.3 is 0 Å². The summed E-state index contributed by atoms with van der Waals surface area (Å²) in [6.45, 7) is 4.12. The Morgan fingerprint density at radius 1 is 0.970 bits per heavy atom. The standard InChI is InChI=1S/C26H30N4O3/c1-29-13-9-19-15-20(7-8-23(19)29)33-26-21-16-24(31-2)25(17-22(21)27-18-28-26)32-14-6-12-30-10-4-3-5-11-30/h7-9,13,15-18H,3-6,10-12,14H2,1-2H3. The van der Waals surface area contributed by atoms with Crippen molar-refractivity contribution in [3.63, 3.8) is 0 Å². The fourth-order valence-electron chi connectivity index (χ4n) is 4.48. The van der Waals surface area contributed by atoms with E-state index in [0.717, 1.165) is 40.5 Å². The smallest absolute Gasteiger partial charge is 0.230 e. The second-order valence-corrected chi connectivity index (χ2v) is 8.55. The largest absolute Gasteiger partial charge is 0.493 e. The van der Waals surface area contributed by atoms with Gasteiger partial charge in [-0.25, -0.2) is 9.97 Å². The molecule has 1 aliphatic rings. The Morgan fingerprint density at radius 2 is 1.85 bits per heavy atom. The van der Waals surface area contributed by atoms with Crippen LogP contribution in [0.3, 0.4) is 0 Å². The van der Waals surface area contributed by atoms with E-state index in [1.165, 1.54) is 38.7 Å². The zero-order valence-corrected chi connectivity index (χ0v) is 19.3. The molecule has 33 heavy (non-hydrogen) atoms. The van der Waals surface area contributed by atoms with E-state index in [9.17, 15) is 0 Å². The molecule has 1 fully saturated rings. The lowest BCUT2D eigenvalue weighted by Gasteiger charge is -2.26. The van der Waals surface area contributed by atoms with E-state index in [1.807, 2.05) is 43.6 Å². The lowest BCUT2D eigenvalue weighted by Crippen LogP contribution is -2.31. The molecule has 0 radical (unpaired) electrons. The van der Waals surface area contributed by atoms with Crippen LogP contribution in [0.1, 0.15) is 25.7 Å². The van der Waals surface area contributed by atoms with E-state index in [1.54, 1.807) is 7.11 Å². The molecule has 2 aromatic carbocycles. The number of hydrogen-bond donors (Lipinski definition) is 0. The molecule has 1 saturated heterocycles. The van der Waals surface area contributed by atoms with Crippen molar-refractivity contribution in [1.82, 2.24) is 19.4 Å². The summed E-state index contributed by atoms with van der Waals surface area (Å²) in [7, 11) is 3.68. The number of methoxy groups -OCH3 is 1. The summed E-state index contributed by atoms with van der Waals surface area (Å²) in [6.07, 6.45) is 8.52. The van der Waals surface area contributed by atoms with Crippen LogP contribution in [0.15, 0.2) is 48.9 Å². The Labute approximate surface area is 193 Å². The summed E-state index contributed by atoms with van der Waals surface area (Å²) in [5.41, 5.74) is 1.91. The average Bonchev–Trinajstić information content (AvgIpc) is 3.22. The molecule has 172 valence electrons. The summed E-state index contributed by atoms with van der Waals surface area (Å²) in [4.78, 5) is 11.3. The van der Waals surface area contributed by atoms with Crippen LogP contribution < -0.4 is 14.2 Å². The van der Waals surface area contributed by atoms with Crippen molar-refractivity contribution < 1.29 is 14.2 Å². The first-order chi connectivity index (χ1) is 16.2. The van der Waals surface area contributed by atoms with Crippen molar-refractivity contribution in [3.05, 3.63) is 48.9 Å². The van der Waals surface area contributed by atoms with Gasteiger partial charge in [-0.3, -0.25) is 0 Å². The van der Waals surface area contributed by atoms with Gasteiger partial charge in [-0.1, -0.05) is 6.42 Å². The number of hydrogen-bond acceptors (Lipinski definition) is 6. The van der Waals surface area contributed by atoms with Gasteiger partial charge < -0.3 is 23.7 Å². The van der Waals surface area contributed by atoms with Crippen LogP contribution >= 0.6 is 0 Å². The number of aryl methyl sites for hydroxylation is 1. The number of rotatable bonds is 8. The molecule has 0 unspecified atom stereocenters. The van der Waals surface area contributed by atoms with E-state index >= 15 is 0 Å². The van der Waals surface area contributed by atoms with Crippen LogP contribution in [0.4, 0.5) is 0 Å². The number of nitrogens with zero attached hydrogens (tertiary/aromatic N) is 4. The summed E-state index contributed by atoms with van der Waals surface area (Å²) in [5.74, 6) is 2.56. The monoisotopic (exact) mass is 446 g/mol. The molecular formula is C26H30N4O3. The highest BCUT2D eigenvalue weighted by Gasteiger charge is 2.14. The average molecular weight is 447 g/mol. The van der Waals surface area contributed by atoms with Crippen molar-refractivity contribution in [3.8, 4) is 23.1 Å². The van der Waals surface area contributed by atoms with Crippen molar-refractivity contribution in [1.29, 1.82) is 0 Å². The molecule has 4 aromatic rings. The summed E-state index contributed by atoms with van der Waals surface area (Å²) >= 11 is 0. The predicted octanol–water partition coefficient (Wildman–Crippen LogP) is 5.18. The van der Waals surface area contributed by atoms with Crippen molar-refractivity contribution in [2.24, 2.45) is 7.05 Å². The molecule has 7 nitrogen and oxygen atoms in total. The quantitative estimate of drug-likeness (QED) is 0.348. The van der Waals surface area contributed by atoms with Crippen LogP contribution in [0, 0.1) is 0 Å². The highest BCUT2D eigenvalue weighted by Crippen LogP contribution is 2.36. The van der Waals surface area contributed by atoms with Crippen LogP contribution in [-0.4, -0.2) is 52.8 Å². The van der Waals surface area contributed by atoms with Gasteiger partial charge in [0.25, 0.3) is 0 Å². The van der Waals surface area contributed by atoms with Crippen LogP contribution in [0.25, 0.3) is 21.8 Å². The van der Waals surface area contributed by atoms with E-state index in [2.05, 4.69) is 25.5 Å². The SMILES string of the molecule is COc1cc2c(Oc3ccc4c(ccn4C)c3)ncnc2cc1OCCCN1CCCCC1. The Bertz CT molecular complexity index is 1250. The highest BCUT2D eigenvalue weighted by molar-refractivity contribution is 5.87. The van der Waals surface area contributed by atoms with E-state index in [4.69, 9.17) is 14.2 Å². The topological polar surface area (TPSA) is 61.6 Å². The predicted molar refractivity (Wildman–Crippen MR) is 129 cm³/mol. The first kappa shape index (κ1) is 21.5. The van der Waals surface area contributed by atoms with Gasteiger partial charge in [-0.2, -0.15) is 0 Å². The molecule has 0 spiro atoms. The molecular weight excluding hydrogens is 416 g/mol. The number of ether oxygens (including phenoxy) is 3. The van der Waals surface area contributed by atoms with Gasteiger partial charge in [0.2, 0.25) is 5.88 Å². The van der Waals surface area contributed by atoms with E-state index < -0.39 is 0 Å². The summed E-state index contributed by atoms with van der Waals surface area (Å²) < 4.78 is 19.9. The zero-order chi connectivity index (χ0) is 22.6. The van der Waals surface area contributed by atoms with Crippen molar-refractivity contribution in [2.45, 2.75) is 25.7 Å². The molecule has 0 atom stereocenters. The van der Waals surface area contributed by atoms with Crippen molar-refractivity contribution >= 4 is 21.8 Å². The minimum Gasteiger partial charge on any atom is -0.493 e. The minimum absolute atomic E-state index is 0.491. The first-order valence-electron chi connectivity index (χ1n) is 11.6. The number of fused-ring (bicyclic) bond motifs is 2. The second kappa shape index (κ2) is 9.67. The lowest BCUT2D eigenvalue weighted by atomic mass is 10.1. The van der Waals surface area contributed by atoms with E-state index in [0.29, 0.717) is 24.0 Å². The molecule has 5 rings (SSSR count). The third-order valence-electron chi connectivity index (χ3n) is 6.28. The number of piperidine rings is 1. The number of aromatic nitrogens is 3. The Hall–Kier alpha value is -3.32. The molecule has 0 N–H and O–H groups in total. The first-order valence-corrected chi connectivity index (χ1v) is 11.6. The van der Waals surface area contributed by atoms with Gasteiger partial charge in [0.1, 0.15) is 12.1 Å². The number of likely N-dealkylation sites (tertiary alicyclic amines) is 1. The van der Waals surface area contributed by atoms with E-state index in [-0.39, 0.29) is 0 Å². The Balaban J connectivity index is 1.32. The molecule has 3 heterocycles. The summed E-state index contributed by atoms with van der Waals surface area (Å²) in [6, 6.07) is 11.9. The van der Waals surface area contributed by atoms with Gasteiger partial charge in [0.05, 0.1) is 24.6 Å². The maximum absolute atomic E-state index is 6.15. The molecule has 7 heteroatoms. The highest BCUT2D eigenvalue weighted by atomic mass is 16.5. The molecule has 0 amide bonds. The third-order valence-corrected chi connectivity index (χ3v) is 6.28. The second-order valence-electron chi connectivity index (χ2n) is 8.55. The molecule has 0 aliphatic carbocycles. The van der Waals surface area contributed by atoms with Crippen LogP contribution in [0.5, 0.6) is 23.1 Å². The van der Waals surface area contributed by atoms with Crippen molar-refractivity contribution in [2.75, 3.05) is 33.4 Å². The molecule has 0 bridgehead atoms. The third kappa shape index (κ3) is 4.73. The Morgan fingerprint density at radius 3 is 2.70 bits per heavy atom. The fourth-order valence-corrected chi connectivity index (χ4v) is 4.48. The van der Waals surface area contributed by atoms with Gasteiger partial charge in [0.15, 0.2) is 11.5 Å². The molecule has 2 aromatic heterocycles. The van der Waals surface area contributed by atoms with Crippen LogP contribution in [-0.2, 0) is 7.05 Å². The Kier molecular flexibility index (Phi) is 6.30. The summed E-state index contributed by atoms with van der Waals surface area (Å²) in [5, 5.41) is 1.90. The fraction of sp³-hybridized carbons (Fsp3) is 0.385. The molecule has 1 aliphatic heterocycles. The minimum atomic E-state index is 0.491.